The van der Waals surface area contributed by atoms with E-state index in [0.717, 1.165) is 55.9 Å². The molecule has 0 aromatic heterocycles. The summed E-state index contributed by atoms with van der Waals surface area (Å²) in [5.41, 5.74) is 0.786. The Morgan fingerprint density at radius 3 is 2.12 bits per heavy atom. The molecule has 1 N–H and O–H groups in total. The molecule has 25 heavy (non-hydrogen) atoms. The van der Waals surface area contributed by atoms with Gasteiger partial charge < -0.3 is 14.6 Å². The summed E-state index contributed by atoms with van der Waals surface area (Å²) in [7, 11) is 0. The summed E-state index contributed by atoms with van der Waals surface area (Å²) in [6, 6.07) is 5.57. The highest BCUT2D eigenvalue weighted by atomic mass is 16.5. The maximum atomic E-state index is 10.7. The molecule has 2 unspecified atom stereocenters. The normalized spacial score (nSPS) is 13.6. The lowest BCUT2D eigenvalue weighted by atomic mass is 10.1. The third-order valence-corrected chi connectivity index (χ3v) is 3.97. The molecular formula is C21H32O4. The Morgan fingerprint density at radius 2 is 1.60 bits per heavy atom. The molecule has 0 aliphatic heterocycles. The van der Waals surface area contributed by atoms with Gasteiger partial charge in [-0.3, -0.25) is 0 Å². The van der Waals surface area contributed by atoms with Gasteiger partial charge in [-0.15, -0.1) is 0 Å². The summed E-state index contributed by atoms with van der Waals surface area (Å²) in [4.78, 5) is 10.7. The summed E-state index contributed by atoms with van der Waals surface area (Å²) in [5, 5.41) is 8.80. The van der Waals surface area contributed by atoms with Crippen LogP contribution >= 0.6 is 0 Å². The monoisotopic (exact) mass is 348 g/mol. The molecule has 1 rings (SSSR count). The highest BCUT2D eigenvalue weighted by Crippen LogP contribution is 2.32. The highest BCUT2D eigenvalue weighted by molar-refractivity contribution is 5.85. The minimum absolute atomic E-state index is 0.0898. The van der Waals surface area contributed by atoms with Crippen LogP contribution < -0.4 is 9.47 Å². The molecule has 0 aliphatic carbocycles. The summed E-state index contributed by atoms with van der Waals surface area (Å²) in [5.74, 6) is 0.436. The Hall–Kier alpha value is -1.97. The zero-order chi connectivity index (χ0) is 18.7. The molecule has 0 radical (unpaired) electrons. The molecule has 0 fully saturated rings. The number of aliphatic carboxylic acids is 1. The first-order valence-electron chi connectivity index (χ1n) is 9.34. The van der Waals surface area contributed by atoms with Crippen molar-refractivity contribution in [1.29, 1.82) is 0 Å². The van der Waals surface area contributed by atoms with Crippen LogP contribution in [-0.2, 0) is 4.79 Å². The fraction of sp³-hybridized carbons (Fsp3) is 0.571. The summed E-state index contributed by atoms with van der Waals surface area (Å²) < 4.78 is 12.2. The molecule has 0 spiro atoms. The van der Waals surface area contributed by atoms with Gasteiger partial charge in [0.25, 0.3) is 0 Å². The standard InChI is InChI=1S/C21H32O4/c1-5-7-9-16(3)24-19-13-11-18(12-14-21(22)23)15-20(19)25-17(4)10-8-6-2/h11-17H,5-10H2,1-4H3,(H,22,23)/b14-12+. The zero-order valence-electron chi connectivity index (χ0n) is 16.0. The molecule has 0 saturated carbocycles. The fourth-order valence-electron chi connectivity index (χ4n) is 2.52. The second-order valence-electron chi connectivity index (χ2n) is 6.52. The second-order valence-corrected chi connectivity index (χ2v) is 6.52. The van der Waals surface area contributed by atoms with Crippen LogP contribution in [0, 0.1) is 0 Å². The molecule has 2 atom stereocenters. The zero-order valence-corrected chi connectivity index (χ0v) is 16.0. The fourth-order valence-corrected chi connectivity index (χ4v) is 2.52. The van der Waals surface area contributed by atoms with E-state index < -0.39 is 5.97 Å². The quantitative estimate of drug-likeness (QED) is 0.492. The number of hydrogen-bond donors (Lipinski definition) is 1. The predicted molar refractivity (Wildman–Crippen MR) is 102 cm³/mol. The van der Waals surface area contributed by atoms with E-state index in [9.17, 15) is 4.79 Å². The molecule has 140 valence electrons. The van der Waals surface area contributed by atoms with E-state index in [4.69, 9.17) is 14.6 Å². The van der Waals surface area contributed by atoms with E-state index >= 15 is 0 Å². The van der Waals surface area contributed by atoms with E-state index in [0.29, 0.717) is 5.75 Å². The molecule has 4 nitrogen and oxygen atoms in total. The number of carboxylic acid groups (broad SMARTS) is 1. The smallest absolute Gasteiger partial charge is 0.328 e. The number of rotatable bonds is 12. The first-order valence-corrected chi connectivity index (χ1v) is 9.34. The average Bonchev–Trinajstić information content (AvgIpc) is 2.58. The van der Waals surface area contributed by atoms with Crippen molar-refractivity contribution in [2.45, 2.75) is 78.4 Å². The summed E-state index contributed by atoms with van der Waals surface area (Å²) in [6.45, 7) is 8.45. The van der Waals surface area contributed by atoms with Gasteiger partial charge in [0.05, 0.1) is 12.2 Å². The Morgan fingerprint density at radius 1 is 1.04 bits per heavy atom. The van der Waals surface area contributed by atoms with E-state index in [2.05, 4.69) is 27.7 Å². The molecule has 0 bridgehead atoms. The Labute approximate surface area is 151 Å². The van der Waals surface area contributed by atoms with Crippen LogP contribution in [0.3, 0.4) is 0 Å². The average molecular weight is 348 g/mol. The van der Waals surface area contributed by atoms with Crippen molar-refractivity contribution < 1.29 is 19.4 Å². The van der Waals surface area contributed by atoms with Gasteiger partial charge in [0.2, 0.25) is 0 Å². The van der Waals surface area contributed by atoms with E-state index in [1.165, 1.54) is 0 Å². The van der Waals surface area contributed by atoms with Crippen LogP contribution in [0.2, 0.25) is 0 Å². The number of ether oxygens (including phenoxy) is 2. The Bertz CT molecular complexity index is 551. The molecule has 0 amide bonds. The molecule has 0 saturated heterocycles. The largest absolute Gasteiger partial charge is 0.487 e. The van der Waals surface area contributed by atoms with Crippen LogP contribution in [0.4, 0.5) is 0 Å². The third kappa shape index (κ3) is 8.62. The van der Waals surface area contributed by atoms with Crippen LogP contribution in [0.25, 0.3) is 6.08 Å². The van der Waals surface area contributed by atoms with Crippen LogP contribution in [0.15, 0.2) is 24.3 Å². The van der Waals surface area contributed by atoms with Gasteiger partial charge in [0.1, 0.15) is 0 Å². The van der Waals surface area contributed by atoms with Crippen LogP contribution in [0.5, 0.6) is 11.5 Å². The molecule has 1 aromatic rings. The minimum Gasteiger partial charge on any atom is -0.487 e. The summed E-state index contributed by atoms with van der Waals surface area (Å²) >= 11 is 0. The van der Waals surface area contributed by atoms with Crippen molar-refractivity contribution in [1.82, 2.24) is 0 Å². The van der Waals surface area contributed by atoms with Gasteiger partial charge in [-0.1, -0.05) is 45.6 Å². The van der Waals surface area contributed by atoms with Crippen molar-refractivity contribution in [3.63, 3.8) is 0 Å². The maximum absolute atomic E-state index is 10.7. The first-order chi connectivity index (χ1) is 12.0. The van der Waals surface area contributed by atoms with E-state index in [-0.39, 0.29) is 12.2 Å². The topological polar surface area (TPSA) is 55.8 Å². The lowest BCUT2D eigenvalue weighted by Crippen LogP contribution is -2.15. The van der Waals surface area contributed by atoms with Crippen molar-refractivity contribution in [2.24, 2.45) is 0 Å². The van der Waals surface area contributed by atoms with Gasteiger partial charge in [0, 0.05) is 6.08 Å². The van der Waals surface area contributed by atoms with Gasteiger partial charge in [-0.2, -0.15) is 0 Å². The predicted octanol–water partition coefficient (Wildman–Crippen LogP) is 5.70. The molecular weight excluding hydrogens is 316 g/mol. The Kier molecular flexibility index (Phi) is 9.75. The molecule has 0 heterocycles. The minimum atomic E-state index is -0.965. The maximum Gasteiger partial charge on any atom is 0.328 e. The van der Waals surface area contributed by atoms with Gasteiger partial charge >= 0.3 is 5.97 Å². The number of benzene rings is 1. The van der Waals surface area contributed by atoms with Crippen molar-refractivity contribution in [3.8, 4) is 11.5 Å². The Balaban J connectivity index is 2.93. The first kappa shape index (κ1) is 21.1. The number of unbranched alkanes of at least 4 members (excludes halogenated alkanes) is 2. The number of carboxylic acids is 1. The molecule has 0 aliphatic rings. The van der Waals surface area contributed by atoms with Gasteiger partial charge in [-0.25, -0.2) is 4.79 Å². The van der Waals surface area contributed by atoms with Crippen molar-refractivity contribution in [2.75, 3.05) is 0 Å². The number of carbonyl (C=O) groups is 1. The second kappa shape index (κ2) is 11.6. The third-order valence-electron chi connectivity index (χ3n) is 3.97. The van der Waals surface area contributed by atoms with E-state index in [1.807, 2.05) is 18.2 Å². The molecule has 4 heteroatoms. The van der Waals surface area contributed by atoms with Gasteiger partial charge in [0.15, 0.2) is 11.5 Å². The molecule has 1 aromatic carbocycles. The van der Waals surface area contributed by atoms with E-state index in [1.54, 1.807) is 6.08 Å². The summed E-state index contributed by atoms with van der Waals surface area (Å²) in [6.07, 6.45) is 9.41. The highest BCUT2D eigenvalue weighted by Gasteiger charge is 2.13. The van der Waals surface area contributed by atoms with Crippen molar-refractivity contribution >= 4 is 12.0 Å². The lowest BCUT2D eigenvalue weighted by molar-refractivity contribution is -0.131. The SMILES string of the molecule is CCCCC(C)Oc1ccc(/C=C/C(=O)O)cc1OC(C)CCCC. The lowest BCUT2D eigenvalue weighted by Gasteiger charge is -2.21. The van der Waals surface area contributed by atoms with Gasteiger partial charge in [-0.05, 0) is 50.5 Å². The van der Waals surface area contributed by atoms with Crippen LogP contribution in [0.1, 0.15) is 71.8 Å². The number of hydrogen-bond acceptors (Lipinski definition) is 3. The van der Waals surface area contributed by atoms with Crippen LogP contribution in [-0.4, -0.2) is 23.3 Å². The van der Waals surface area contributed by atoms with Crippen molar-refractivity contribution in [3.05, 3.63) is 29.8 Å².